The van der Waals surface area contributed by atoms with Crippen LogP contribution in [0.5, 0.6) is 0 Å². The zero-order valence-electron chi connectivity index (χ0n) is 15.9. The van der Waals surface area contributed by atoms with Gasteiger partial charge in [-0.2, -0.15) is 5.10 Å². The number of aromatic nitrogens is 2. The molecule has 2 unspecified atom stereocenters. The van der Waals surface area contributed by atoms with E-state index in [1.807, 2.05) is 11.0 Å². The second kappa shape index (κ2) is 8.42. The lowest BCUT2D eigenvalue weighted by Crippen LogP contribution is -2.43. The first-order valence-electron chi connectivity index (χ1n) is 10.3. The second-order valence-electron chi connectivity index (χ2n) is 8.22. The zero-order chi connectivity index (χ0) is 18.6. The predicted molar refractivity (Wildman–Crippen MR) is 99.8 cm³/mol. The van der Waals surface area contributed by atoms with Gasteiger partial charge >= 0.3 is 0 Å². The van der Waals surface area contributed by atoms with Crippen LogP contribution in [0.25, 0.3) is 0 Å². The van der Waals surface area contributed by atoms with Gasteiger partial charge in [0.25, 0.3) is 0 Å². The first kappa shape index (κ1) is 18.5. The number of hydrogen-bond donors (Lipinski definition) is 1. The molecule has 2 amide bonds. The molecule has 4 rings (SSSR count). The van der Waals surface area contributed by atoms with Crippen LogP contribution in [0, 0.1) is 17.8 Å². The molecule has 7 heteroatoms. The molecule has 3 aliphatic heterocycles. The molecule has 0 aliphatic carbocycles. The zero-order valence-corrected chi connectivity index (χ0v) is 15.9. The van der Waals surface area contributed by atoms with Gasteiger partial charge in [-0.3, -0.25) is 14.7 Å². The molecular weight excluding hydrogens is 344 g/mol. The average molecular weight is 374 g/mol. The maximum atomic E-state index is 12.8. The van der Waals surface area contributed by atoms with Crippen LogP contribution in [0.15, 0.2) is 12.3 Å². The molecule has 0 spiro atoms. The number of ether oxygens (including phenoxy) is 1. The Labute approximate surface area is 160 Å². The topological polar surface area (TPSA) is 78.5 Å². The Balaban J connectivity index is 1.29. The van der Waals surface area contributed by atoms with Crippen LogP contribution < -0.4 is 0 Å². The summed E-state index contributed by atoms with van der Waals surface area (Å²) in [4.78, 5) is 29.5. The molecule has 3 fully saturated rings. The minimum Gasteiger partial charge on any atom is -0.381 e. The molecule has 3 saturated heterocycles. The fourth-order valence-electron chi connectivity index (χ4n) is 4.85. The number of rotatable bonds is 4. The van der Waals surface area contributed by atoms with E-state index in [1.165, 1.54) is 0 Å². The van der Waals surface area contributed by atoms with Crippen molar-refractivity contribution < 1.29 is 14.3 Å². The summed E-state index contributed by atoms with van der Waals surface area (Å²) in [6.07, 6.45) is 7.10. The highest BCUT2D eigenvalue weighted by molar-refractivity contribution is 5.79. The number of nitrogens with one attached hydrogen (secondary N) is 1. The van der Waals surface area contributed by atoms with Gasteiger partial charge in [0.15, 0.2) is 0 Å². The molecule has 0 radical (unpaired) electrons. The van der Waals surface area contributed by atoms with E-state index in [1.54, 1.807) is 6.20 Å². The number of likely N-dealkylation sites (tertiary alicyclic amines) is 2. The standard InChI is InChI=1S/C20H30N4O3/c25-19(12-18-3-7-21-22-18)23-8-1-2-16(13-23)17-4-9-24(14-17)20(26)15-5-10-27-11-6-15/h3,7,15-17H,1-2,4-6,8-14H2,(H,21,22). The highest BCUT2D eigenvalue weighted by Crippen LogP contribution is 2.32. The molecule has 2 atom stereocenters. The largest absolute Gasteiger partial charge is 0.381 e. The van der Waals surface area contributed by atoms with E-state index in [4.69, 9.17) is 4.74 Å². The van der Waals surface area contributed by atoms with Crippen LogP contribution in [-0.4, -0.2) is 71.2 Å². The maximum absolute atomic E-state index is 12.8. The summed E-state index contributed by atoms with van der Waals surface area (Å²) in [5, 5.41) is 6.79. The van der Waals surface area contributed by atoms with Gasteiger partial charge < -0.3 is 14.5 Å². The van der Waals surface area contributed by atoms with E-state index in [0.717, 1.165) is 64.0 Å². The minimum absolute atomic E-state index is 0.149. The number of aromatic amines is 1. The van der Waals surface area contributed by atoms with E-state index in [-0.39, 0.29) is 11.8 Å². The third kappa shape index (κ3) is 4.34. The number of H-pyrrole nitrogens is 1. The summed E-state index contributed by atoms with van der Waals surface area (Å²) in [5.74, 6) is 1.69. The normalized spacial score (nSPS) is 27.1. The highest BCUT2D eigenvalue weighted by Gasteiger charge is 2.37. The van der Waals surface area contributed by atoms with E-state index < -0.39 is 0 Å². The van der Waals surface area contributed by atoms with Crippen molar-refractivity contribution in [1.29, 1.82) is 0 Å². The van der Waals surface area contributed by atoms with Gasteiger partial charge in [-0.15, -0.1) is 0 Å². The lowest BCUT2D eigenvalue weighted by Gasteiger charge is -2.36. The first-order chi connectivity index (χ1) is 13.2. The number of hydrogen-bond acceptors (Lipinski definition) is 4. The number of carbonyl (C=O) groups is 2. The Kier molecular flexibility index (Phi) is 5.76. The SMILES string of the molecule is O=C(Cc1ccn[nH]1)N1CCCC(C2CCN(C(=O)C3CCOCC3)C2)C1. The van der Waals surface area contributed by atoms with E-state index >= 15 is 0 Å². The smallest absolute Gasteiger partial charge is 0.228 e. The summed E-state index contributed by atoms with van der Waals surface area (Å²) in [7, 11) is 0. The van der Waals surface area contributed by atoms with Crippen LogP contribution in [0.3, 0.4) is 0 Å². The Bertz CT molecular complexity index is 642. The van der Waals surface area contributed by atoms with Gasteiger partial charge in [-0.05, 0) is 50.0 Å². The average Bonchev–Trinajstić information content (AvgIpc) is 3.40. The van der Waals surface area contributed by atoms with Crippen molar-refractivity contribution in [3.8, 4) is 0 Å². The summed E-state index contributed by atoms with van der Waals surface area (Å²) < 4.78 is 5.39. The molecule has 4 heterocycles. The Morgan fingerprint density at radius 3 is 2.63 bits per heavy atom. The van der Waals surface area contributed by atoms with Crippen molar-refractivity contribution in [2.45, 2.75) is 38.5 Å². The van der Waals surface area contributed by atoms with Crippen molar-refractivity contribution in [3.63, 3.8) is 0 Å². The van der Waals surface area contributed by atoms with Gasteiger partial charge in [-0.25, -0.2) is 0 Å². The van der Waals surface area contributed by atoms with E-state index in [9.17, 15) is 9.59 Å². The van der Waals surface area contributed by atoms with Crippen molar-refractivity contribution >= 4 is 11.8 Å². The van der Waals surface area contributed by atoms with Crippen molar-refractivity contribution in [3.05, 3.63) is 18.0 Å². The minimum atomic E-state index is 0.149. The van der Waals surface area contributed by atoms with Crippen molar-refractivity contribution in [2.75, 3.05) is 39.4 Å². The quantitative estimate of drug-likeness (QED) is 0.866. The van der Waals surface area contributed by atoms with Crippen molar-refractivity contribution in [1.82, 2.24) is 20.0 Å². The predicted octanol–water partition coefficient (Wildman–Crippen LogP) is 1.47. The Morgan fingerprint density at radius 1 is 1.07 bits per heavy atom. The summed E-state index contributed by atoms with van der Waals surface area (Å²) in [6.45, 7) is 4.84. The van der Waals surface area contributed by atoms with Crippen LogP contribution in [0.4, 0.5) is 0 Å². The lowest BCUT2D eigenvalue weighted by atomic mass is 9.84. The summed E-state index contributed by atoms with van der Waals surface area (Å²) in [6, 6.07) is 1.86. The van der Waals surface area contributed by atoms with Crippen LogP contribution in [0.2, 0.25) is 0 Å². The molecule has 1 aromatic heterocycles. The van der Waals surface area contributed by atoms with Gasteiger partial charge in [0, 0.05) is 57.2 Å². The Hall–Kier alpha value is -1.89. The van der Waals surface area contributed by atoms with Gasteiger partial charge in [0.05, 0.1) is 6.42 Å². The number of amides is 2. The van der Waals surface area contributed by atoms with Gasteiger partial charge in [0.2, 0.25) is 11.8 Å². The second-order valence-corrected chi connectivity index (χ2v) is 8.22. The molecule has 1 N–H and O–H groups in total. The maximum Gasteiger partial charge on any atom is 0.228 e. The molecular formula is C20H30N4O3. The number of piperidine rings is 1. The van der Waals surface area contributed by atoms with Gasteiger partial charge in [-0.1, -0.05) is 0 Å². The molecule has 27 heavy (non-hydrogen) atoms. The summed E-state index contributed by atoms with van der Waals surface area (Å²) in [5.41, 5.74) is 0.872. The van der Waals surface area contributed by atoms with Gasteiger partial charge in [0.1, 0.15) is 0 Å². The van der Waals surface area contributed by atoms with Crippen LogP contribution in [-0.2, 0) is 20.7 Å². The van der Waals surface area contributed by atoms with Crippen LogP contribution in [0.1, 0.15) is 37.8 Å². The van der Waals surface area contributed by atoms with E-state index in [2.05, 4.69) is 15.1 Å². The number of carbonyl (C=O) groups excluding carboxylic acids is 2. The van der Waals surface area contributed by atoms with Crippen LogP contribution >= 0.6 is 0 Å². The fourth-order valence-corrected chi connectivity index (χ4v) is 4.85. The molecule has 0 saturated carbocycles. The third-order valence-electron chi connectivity index (χ3n) is 6.48. The fraction of sp³-hybridized carbons (Fsp3) is 0.750. The number of nitrogens with zero attached hydrogens (tertiary/aromatic N) is 3. The van der Waals surface area contributed by atoms with E-state index in [0.29, 0.717) is 37.4 Å². The van der Waals surface area contributed by atoms with Crippen molar-refractivity contribution in [2.24, 2.45) is 17.8 Å². The third-order valence-corrected chi connectivity index (χ3v) is 6.48. The Morgan fingerprint density at radius 2 is 1.85 bits per heavy atom. The lowest BCUT2D eigenvalue weighted by molar-refractivity contribution is -0.138. The molecule has 0 bridgehead atoms. The molecule has 0 aromatic carbocycles. The molecule has 7 nitrogen and oxygen atoms in total. The molecule has 148 valence electrons. The molecule has 1 aromatic rings. The summed E-state index contributed by atoms with van der Waals surface area (Å²) >= 11 is 0. The first-order valence-corrected chi connectivity index (χ1v) is 10.3. The highest BCUT2D eigenvalue weighted by atomic mass is 16.5. The molecule has 3 aliphatic rings. The monoisotopic (exact) mass is 374 g/mol.